The van der Waals surface area contributed by atoms with Crippen molar-refractivity contribution in [1.29, 1.82) is 0 Å². The molecule has 0 amide bonds. The van der Waals surface area contributed by atoms with E-state index < -0.39 is 0 Å². The van der Waals surface area contributed by atoms with Crippen LogP contribution in [0.5, 0.6) is 0 Å². The minimum atomic E-state index is 0.442. The topological polar surface area (TPSA) is 24.5 Å². The summed E-state index contributed by atoms with van der Waals surface area (Å²) in [6.07, 6.45) is 5.51. The van der Waals surface area contributed by atoms with E-state index in [4.69, 9.17) is 4.74 Å². The number of likely N-dealkylation sites (N-methyl/N-ethyl adjacent to an activating group) is 1. The van der Waals surface area contributed by atoms with Crippen LogP contribution in [0.25, 0.3) is 0 Å². The number of hydrogen-bond donors (Lipinski definition) is 1. The van der Waals surface area contributed by atoms with Gasteiger partial charge < -0.3 is 15.0 Å². The van der Waals surface area contributed by atoms with Gasteiger partial charge >= 0.3 is 0 Å². The highest BCUT2D eigenvalue weighted by Gasteiger charge is 2.24. The van der Waals surface area contributed by atoms with Gasteiger partial charge in [0.05, 0.1) is 6.10 Å². The molecular formula is C13H26N2O. The van der Waals surface area contributed by atoms with Gasteiger partial charge in [0.2, 0.25) is 0 Å². The predicted octanol–water partition coefficient (Wildman–Crippen LogP) is 1.63. The molecule has 16 heavy (non-hydrogen) atoms. The first-order valence-corrected chi connectivity index (χ1v) is 6.88. The monoisotopic (exact) mass is 226 g/mol. The summed E-state index contributed by atoms with van der Waals surface area (Å²) >= 11 is 0. The van der Waals surface area contributed by atoms with Crippen LogP contribution >= 0.6 is 0 Å². The van der Waals surface area contributed by atoms with Gasteiger partial charge in [-0.25, -0.2) is 0 Å². The summed E-state index contributed by atoms with van der Waals surface area (Å²) in [5.74, 6) is 0. The van der Waals surface area contributed by atoms with Crippen LogP contribution < -0.4 is 5.32 Å². The average Bonchev–Trinajstić information content (AvgIpc) is 2.29. The molecule has 2 aliphatic rings. The van der Waals surface area contributed by atoms with Crippen molar-refractivity contribution in [1.82, 2.24) is 10.2 Å². The highest BCUT2D eigenvalue weighted by Crippen LogP contribution is 2.16. The molecule has 3 nitrogen and oxygen atoms in total. The fourth-order valence-electron chi connectivity index (χ4n) is 2.96. The van der Waals surface area contributed by atoms with Crippen LogP contribution in [0.3, 0.4) is 0 Å². The van der Waals surface area contributed by atoms with E-state index in [1.807, 2.05) is 0 Å². The molecule has 0 spiro atoms. The SMILES string of the molecule is CCN1CCCC(NC2CCOC(C)C2)C1. The van der Waals surface area contributed by atoms with Crippen molar-refractivity contribution in [2.75, 3.05) is 26.2 Å². The van der Waals surface area contributed by atoms with Crippen LogP contribution in [0.2, 0.25) is 0 Å². The predicted molar refractivity (Wildman–Crippen MR) is 66.7 cm³/mol. The molecule has 3 unspecified atom stereocenters. The smallest absolute Gasteiger partial charge is 0.0561 e. The summed E-state index contributed by atoms with van der Waals surface area (Å²) in [5, 5.41) is 3.83. The lowest BCUT2D eigenvalue weighted by atomic mass is 10.00. The first kappa shape index (κ1) is 12.3. The Labute approximate surface area is 99.5 Å². The maximum Gasteiger partial charge on any atom is 0.0561 e. The molecule has 2 saturated heterocycles. The van der Waals surface area contributed by atoms with Crippen LogP contribution in [0, 0.1) is 0 Å². The van der Waals surface area contributed by atoms with E-state index >= 15 is 0 Å². The molecule has 0 saturated carbocycles. The van der Waals surface area contributed by atoms with Crippen molar-refractivity contribution in [3.8, 4) is 0 Å². The van der Waals surface area contributed by atoms with E-state index in [1.54, 1.807) is 0 Å². The maximum absolute atomic E-state index is 5.59. The van der Waals surface area contributed by atoms with Gasteiger partial charge in [0.25, 0.3) is 0 Å². The van der Waals surface area contributed by atoms with Crippen LogP contribution in [0.1, 0.15) is 39.5 Å². The maximum atomic E-state index is 5.59. The van der Waals surface area contributed by atoms with Gasteiger partial charge in [0.15, 0.2) is 0 Å². The number of ether oxygens (including phenoxy) is 1. The van der Waals surface area contributed by atoms with E-state index in [-0.39, 0.29) is 0 Å². The standard InChI is InChI=1S/C13H26N2O/c1-3-15-7-4-5-13(10-15)14-12-6-8-16-11(2)9-12/h11-14H,3-10H2,1-2H3. The van der Waals surface area contributed by atoms with Crippen LogP contribution in [-0.2, 0) is 4.74 Å². The highest BCUT2D eigenvalue weighted by molar-refractivity contribution is 4.83. The summed E-state index contributed by atoms with van der Waals surface area (Å²) in [4.78, 5) is 2.56. The van der Waals surface area contributed by atoms with E-state index in [9.17, 15) is 0 Å². The second-order valence-corrected chi connectivity index (χ2v) is 5.30. The summed E-state index contributed by atoms with van der Waals surface area (Å²) < 4.78 is 5.59. The molecular weight excluding hydrogens is 200 g/mol. The van der Waals surface area contributed by atoms with Crippen molar-refractivity contribution in [3.05, 3.63) is 0 Å². The Morgan fingerprint density at radius 1 is 1.31 bits per heavy atom. The van der Waals surface area contributed by atoms with E-state index in [2.05, 4.69) is 24.1 Å². The Morgan fingerprint density at radius 2 is 2.19 bits per heavy atom. The molecule has 0 aliphatic carbocycles. The van der Waals surface area contributed by atoms with Crippen LogP contribution in [0.4, 0.5) is 0 Å². The zero-order chi connectivity index (χ0) is 11.4. The number of hydrogen-bond acceptors (Lipinski definition) is 3. The molecule has 0 aromatic rings. The summed E-state index contributed by atoms with van der Waals surface area (Å²) in [6.45, 7) is 9.11. The van der Waals surface area contributed by atoms with E-state index in [0.29, 0.717) is 18.2 Å². The van der Waals surface area contributed by atoms with Crippen molar-refractivity contribution in [3.63, 3.8) is 0 Å². The van der Waals surface area contributed by atoms with Gasteiger partial charge in [0.1, 0.15) is 0 Å². The lowest BCUT2D eigenvalue weighted by Gasteiger charge is -2.37. The molecule has 0 aromatic carbocycles. The van der Waals surface area contributed by atoms with Crippen molar-refractivity contribution in [2.45, 2.75) is 57.7 Å². The van der Waals surface area contributed by atoms with Gasteiger partial charge in [-0.05, 0) is 45.7 Å². The fraction of sp³-hybridized carbons (Fsp3) is 1.00. The number of likely N-dealkylation sites (tertiary alicyclic amines) is 1. The molecule has 94 valence electrons. The largest absolute Gasteiger partial charge is 0.378 e. The van der Waals surface area contributed by atoms with Crippen molar-refractivity contribution in [2.24, 2.45) is 0 Å². The Bertz CT molecular complexity index is 210. The van der Waals surface area contributed by atoms with Crippen LogP contribution in [-0.4, -0.2) is 49.3 Å². The molecule has 0 bridgehead atoms. The molecule has 2 aliphatic heterocycles. The van der Waals surface area contributed by atoms with E-state index in [0.717, 1.165) is 6.61 Å². The third-order valence-electron chi connectivity index (χ3n) is 3.91. The third kappa shape index (κ3) is 3.44. The van der Waals surface area contributed by atoms with Crippen molar-refractivity contribution >= 4 is 0 Å². The lowest BCUT2D eigenvalue weighted by Crippen LogP contribution is -2.50. The van der Waals surface area contributed by atoms with Gasteiger partial charge in [-0.1, -0.05) is 6.92 Å². The quantitative estimate of drug-likeness (QED) is 0.791. The summed E-state index contributed by atoms with van der Waals surface area (Å²) in [7, 11) is 0. The Morgan fingerprint density at radius 3 is 2.94 bits per heavy atom. The van der Waals surface area contributed by atoms with Crippen molar-refractivity contribution < 1.29 is 4.74 Å². The Kier molecular flexibility index (Phi) is 4.62. The normalized spacial score (nSPS) is 37.5. The number of nitrogens with zero attached hydrogens (tertiary/aromatic N) is 1. The molecule has 3 heteroatoms. The minimum absolute atomic E-state index is 0.442. The first-order chi connectivity index (χ1) is 7.78. The molecule has 1 N–H and O–H groups in total. The molecule has 3 atom stereocenters. The summed E-state index contributed by atoms with van der Waals surface area (Å²) in [6, 6.07) is 1.40. The fourth-order valence-corrected chi connectivity index (χ4v) is 2.96. The molecule has 0 aromatic heterocycles. The van der Waals surface area contributed by atoms with Gasteiger partial charge in [-0.2, -0.15) is 0 Å². The highest BCUT2D eigenvalue weighted by atomic mass is 16.5. The Balaban J connectivity index is 1.75. The third-order valence-corrected chi connectivity index (χ3v) is 3.91. The zero-order valence-electron chi connectivity index (χ0n) is 10.7. The minimum Gasteiger partial charge on any atom is -0.378 e. The molecule has 2 heterocycles. The van der Waals surface area contributed by atoms with Crippen LogP contribution in [0.15, 0.2) is 0 Å². The number of nitrogens with one attached hydrogen (secondary N) is 1. The van der Waals surface area contributed by atoms with E-state index in [1.165, 1.54) is 45.3 Å². The number of piperidine rings is 1. The second-order valence-electron chi connectivity index (χ2n) is 5.30. The van der Waals surface area contributed by atoms with Gasteiger partial charge in [-0.3, -0.25) is 0 Å². The first-order valence-electron chi connectivity index (χ1n) is 6.88. The molecule has 0 radical (unpaired) electrons. The Hall–Kier alpha value is -0.120. The molecule has 2 rings (SSSR count). The molecule has 2 fully saturated rings. The van der Waals surface area contributed by atoms with Gasteiger partial charge in [0, 0.05) is 25.2 Å². The second kappa shape index (κ2) is 5.99. The summed E-state index contributed by atoms with van der Waals surface area (Å²) in [5.41, 5.74) is 0. The zero-order valence-corrected chi connectivity index (χ0v) is 10.7. The average molecular weight is 226 g/mol. The van der Waals surface area contributed by atoms with Gasteiger partial charge in [-0.15, -0.1) is 0 Å². The lowest BCUT2D eigenvalue weighted by molar-refractivity contribution is 0.00906. The number of rotatable bonds is 3.